The number of benzene rings is 1. The fraction of sp³-hybridized carbons (Fsp3) is 0.304. The Morgan fingerprint density at radius 1 is 0.926 bits per heavy atom. The summed E-state index contributed by atoms with van der Waals surface area (Å²) in [7, 11) is 0. The lowest BCUT2D eigenvalue weighted by Gasteiger charge is -2.34. The molecule has 3 aromatic rings. The summed E-state index contributed by atoms with van der Waals surface area (Å²) in [5, 5.41) is 0. The highest BCUT2D eigenvalue weighted by Crippen LogP contribution is 2.29. The van der Waals surface area contributed by atoms with E-state index in [-0.39, 0.29) is 0 Å². The third-order valence-corrected chi connectivity index (χ3v) is 5.33. The predicted octanol–water partition coefficient (Wildman–Crippen LogP) is 4.29. The molecule has 4 heteroatoms. The number of amides is 1. The van der Waals surface area contributed by atoms with Crippen molar-refractivity contribution in [2.75, 3.05) is 13.1 Å². The molecular formula is C23H24N2O2. The van der Waals surface area contributed by atoms with Crippen LogP contribution in [0.25, 0.3) is 16.6 Å². The van der Waals surface area contributed by atoms with Crippen molar-refractivity contribution in [2.45, 2.75) is 20.3 Å². The Morgan fingerprint density at radius 2 is 1.59 bits per heavy atom. The second-order valence-corrected chi connectivity index (χ2v) is 7.75. The SMILES string of the molecule is C[C@H]1C[C@H](C)CN(C(=O)C(=O)c2c(-c3ccccc3)cc3ccccn23)C1. The van der Waals surface area contributed by atoms with Crippen LogP contribution in [-0.2, 0) is 4.79 Å². The van der Waals surface area contributed by atoms with Gasteiger partial charge in [0.2, 0.25) is 0 Å². The van der Waals surface area contributed by atoms with Crippen molar-refractivity contribution >= 4 is 17.2 Å². The number of ketones is 1. The van der Waals surface area contributed by atoms with Crippen LogP contribution >= 0.6 is 0 Å². The number of hydrogen-bond acceptors (Lipinski definition) is 2. The Morgan fingerprint density at radius 3 is 2.30 bits per heavy atom. The van der Waals surface area contributed by atoms with Crippen LogP contribution in [0.1, 0.15) is 30.8 Å². The summed E-state index contributed by atoms with van der Waals surface area (Å²) in [6.07, 6.45) is 2.95. The molecule has 4 rings (SSSR count). The molecule has 1 aliphatic heterocycles. The van der Waals surface area contributed by atoms with Crippen molar-refractivity contribution in [3.05, 3.63) is 66.5 Å². The number of piperidine rings is 1. The smallest absolute Gasteiger partial charge is 0.296 e. The van der Waals surface area contributed by atoms with Crippen LogP contribution in [0.15, 0.2) is 60.8 Å². The van der Waals surface area contributed by atoms with Gasteiger partial charge in [0, 0.05) is 30.4 Å². The first-order valence-corrected chi connectivity index (χ1v) is 9.53. The summed E-state index contributed by atoms with van der Waals surface area (Å²) in [6.45, 7) is 5.59. The zero-order valence-electron chi connectivity index (χ0n) is 15.8. The number of Topliss-reactive ketones (excluding diaryl/α,β-unsaturated/α-hetero) is 1. The van der Waals surface area contributed by atoms with E-state index in [1.807, 2.05) is 65.2 Å². The van der Waals surface area contributed by atoms with Gasteiger partial charge in [0.25, 0.3) is 11.7 Å². The Kier molecular flexibility index (Phi) is 4.56. The molecule has 27 heavy (non-hydrogen) atoms. The summed E-state index contributed by atoms with van der Waals surface area (Å²) in [6, 6.07) is 17.5. The number of hydrogen-bond donors (Lipinski definition) is 0. The first kappa shape index (κ1) is 17.5. The molecule has 2 aromatic heterocycles. The lowest BCUT2D eigenvalue weighted by Crippen LogP contribution is -2.45. The molecule has 3 heterocycles. The molecule has 1 amide bonds. The lowest BCUT2D eigenvalue weighted by atomic mass is 9.91. The minimum absolute atomic E-state index is 0.394. The van der Waals surface area contributed by atoms with Gasteiger partial charge in [-0.15, -0.1) is 0 Å². The highest BCUT2D eigenvalue weighted by molar-refractivity contribution is 6.43. The maximum atomic E-state index is 13.3. The average molecular weight is 360 g/mol. The molecule has 0 N–H and O–H groups in total. The zero-order valence-corrected chi connectivity index (χ0v) is 15.8. The van der Waals surface area contributed by atoms with Crippen LogP contribution < -0.4 is 0 Å². The summed E-state index contributed by atoms with van der Waals surface area (Å²) in [5.41, 5.74) is 3.11. The Labute approximate surface area is 159 Å². The first-order chi connectivity index (χ1) is 13.0. The van der Waals surface area contributed by atoms with Crippen LogP contribution in [0, 0.1) is 11.8 Å². The van der Waals surface area contributed by atoms with Crippen LogP contribution in [0.3, 0.4) is 0 Å². The predicted molar refractivity (Wildman–Crippen MR) is 107 cm³/mol. The van der Waals surface area contributed by atoms with Gasteiger partial charge in [0.05, 0.1) is 0 Å². The minimum Gasteiger partial charge on any atom is -0.335 e. The van der Waals surface area contributed by atoms with Crippen LogP contribution in [0.4, 0.5) is 0 Å². The van der Waals surface area contributed by atoms with Crippen molar-refractivity contribution in [1.29, 1.82) is 0 Å². The number of aromatic nitrogens is 1. The molecule has 0 radical (unpaired) electrons. The maximum Gasteiger partial charge on any atom is 0.296 e. The first-order valence-electron chi connectivity index (χ1n) is 9.53. The molecule has 2 atom stereocenters. The second-order valence-electron chi connectivity index (χ2n) is 7.75. The van der Waals surface area contributed by atoms with Crippen LogP contribution in [0.5, 0.6) is 0 Å². The Hall–Kier alpha value is -2.88. The average Bonchev–Trinajstić information content (AvgIpc) is 3.06. The van der Waals surface area contributed by atoms with Crippen molar-refractivity contribution in [1.82, 2.24) is 9.30 Å². The highest BCUT2D eigenvalue weighted by Gasteiger charge is 2.32. The van der Waals surface area contributed by atoms with E-state index >= 15 is 0 Å². The van der Waals surface area contributed by atoms with E-state index in [1.54, 1.807) is 4.90 Å². The minimum atomic E-state index is -0.429. The summed E-state index contributed by atoms with van der Waals surface area (Å²) >= 11 is 0. The molecule has 0 bridgehead atoms. The molecular weight excluding hydrogens is 336 g/mol. The number of rotatable bonds is 3. The molecule has 0 saturated carbocycles. The summed E-state index contributed by atoms with van der Waals surface area (Å²) in [4.78, 5) is 28.1. The third kappa shape index (κ3) is 3.27. The van der Waals surface area contributed by atoms with Crippen molar-refractivity contribution in [3.63, 3.8) is 0 Å². The molecule has 4 nitrogen and oxygen atoms in total. The second kappa shape index (κ2) is 7.03. The highest BCUT2D eigenvalue weighted by atomic mass is 16.2. The van der Waals surface area contributed by atoms with Crippen molar-refractivity contribution in [2.24, 2.45) is 11.8 Å². The number of likely N-dealkylation sites (tertiary alicyclic amines) is 1. The van der Waals surface area contributed by atoms with Gasteiger partial charge in [-0.05, 0) is 42.0 Å². The van der Waals surface area contributed by atoms with Crippen molar-refractivity contribution < 1.29 is 9.59 Å². The maximum absolute atomic E-state index is 13.3. The number of nitrogens with zero attached hydrogens (tertiary/aromatic N) is 2. The van der Waals surface area contributed by atoms with Gasteiger partial charge in [0.15, 0.2) is 0 Å². The largest absolute Gasteiger partial charge is 0.335 e. The van der Waals surface area contributed by atoms with E-state index < -0.39 is 11.7 Å². The van der Waals surface area contributed by atoms with Crippen LogP contribution in [-0.4, -0.2) is 34.1 Å². The quantitative estimate of drug-likeness (QED) is 0.516. The molecule has 1 aromatic carbocycles. The standard InChI is InChI=1S/C23H24N2O2/c1-16-12-17(2)15-24(14-16)23(27)22(26)21-20(18-8-4-3-5-9-18)13-19-10-6-7-11-25(19)21/h3-11,13,16-17H,12,14-15H2,1-2H3/t16-,17-/m0/s1. The van der Waals surface area contributed by atoms with E-state index in [4.69, 9.17) is 0 Å². The molecule has 0 unspecified atom stereocenters. The Bertz CT molecular complexity index is 980. The number of carbonyl (C=O) groups is 2. The van der Waals surface area contributed by atoms with Gasteiger partial charge in [-0.25, -0.2) is 0 Å². The molecule has 1 saturated heterocycles. The lowest BCUT2D eigenvalue weighted by molar-refractivity contribution is -0.129. The monoisotopic (exact) mass is 360 g/mol. The zero-order chi connectivity index (χ0) is 19.0. The van der Waals surface area contributed by atoms with Gasteiger partial charge < -0.3 is 9.30 Å². The molecule has 1 fully saturated rings. The van der Waals surface area contributed by atoms with Crippen LogP contribution in [0.2, 0.25) is 0 Å². The topological polar surface area (TPSA) is 41.8 Å². The molecule has 0 spiro atoms. The molecule has 138 valence electrons. The van der Waals surface area contributed by atoms with E-state index in [2.05, 4.69) is 13.8 Å². The van der Waals surface area contributed by atoms with Gasteiger partial charge >= 0.3 is 0 Å². The van der Waals surface area contributed by atoms with Gasteiger partial charge in [-0.2, -0.15) is 0 Å². The Balaban J connectivity index is 1.78. The number of carbonyl (C=O) groups excluding carboxylic acids is 2. The molecule has 1 aliphatic rings. The van der Waals surface area contributed by atoms with Gasteiger partial charge in [0.1, 0.15) is 5.69 Å². The van der Waals surface area contributed by atoms with Gasteiger partial charge in [-0.1, -0.05) is 50.2 Å². The number of fused-ring (bicyclic) bond motifs is 1. The van der Waals surface area contributed by atoms with Gasteiger partial charge in [-0.3, -0.25) is 9.59 Å². The third-order valence-electron chi connectivity index (χ3n) is 5.33. The van der Waals surface area contributed by atoms with E-state index in [1.165, 1.54) is 0 Å². The number of pyridine rings is 1. The normalized spacial score (nSPS) is 20.0. The van der Waals surface area contributed by atoms with E-state index in [0.717, 1.165) is 23.1 Å². The summed E-state index contributed by atoms with van der Waals surface area (Å²) < 4.78 is 1.83. The fourth-order valence-corrected chi connectivity index (χ4v) is 4.27. The fourth-order valence-electron chi connectivity index (χ4n) is 4.27. The van der Waals surface area contributed by atoms with E-state index in [9.17, 15) is 9.59 Å². The van der Waals surface area contributed by atoms with Crippen molar-refractivity contribution in [3.8, 4) is 11.1 Å². The molecule has 0 aliphatic carbocycles. The van der Waals surface area contributed by atoms with E-state index in [0.29, 0.717) is 30.6 Å². The summed E-state index contributed by atoms with van der Waals surface area (Å²) in [5.74, 6) is 0.0158.